The Kier molecular flexibility index (Phi) is 0.881. The lowest BCUT2D eigenvalue weighted by molar-refractivity contribution is 1.26. The van der Waals surface area contributed by atoms with Gasteiger partial charge in [-0.2, -0.15) is 0 Å². The van der Waals surface area contributed by atoms with Crippen LogP contribution in [0.4, 0.5) is 0 Å². The minimum Gasteiger partial charge on any atom is -0.249 e. The Labute approximate surface area is 40.7 Å². The summed E-state index contributed by atoms with van der Waals surface area (Å²) in [6.07, 6.45) is 0. The van der Waals surface area contributed by atoms with Gasteiger partial charge in [-0.1, -0.05) is 0 Å². The summed E-state index contributed by atoms with van der Waals surface area (Å²) in [5, 5.41) is 2.93. The molecule has 1 rings (SSSR count). The van der Waals surface area contributed by atoms with Gasteiger partial charge in [0.15, 0.2) is 0 Å². The lowest BCUT2D eigenvalue weighted by atomic mass is 10.6. The van der Waals surface area contributed by atoms with E-state index in [1.54, 1.807) is 5.51 Å². The molecular formula is C4H4NS. The van der Waals surface area contributed by atoms with Gasteiger partial charge in [0.1, 0.15) is 0 Å². The van der Waals surface area contributed by atoms with Crippen LogP contribution in [-0.2, 0) is 0 Å². The molecule has 6 heavy (non-hydrogen) atoms. The average Bonchev–Trinajstić information content (AvgIpc) is 1.86. The quantitative estimate of drug-likeness (QED) is 0.476. The Morgan fingerprint density at radius 2 is 2.83 bits per heavy atom. The van der Waals surface area contributed by atoms with E-state index >= 15 is 0 Å². The highest BCUT2D eigenvalue weighted by Crippen LogP contribution is 1.94. The lowest BCUT2D eigenvalue weighted by Crippen LogP contribution is -1.60. The van der Waals surface area contributed by atoms with Gasteiger partial charge in [0, 0.05) is 0 Å². The predicted octanol–water partition coefficient (Wildman–Crippen LogP) is 1.25. The largest absolute Gasteiger partial charge is 0.249 e. The lowest BCUT2D eigenvalue weighted by Gasteiger charge is -1.63. The van der Waals surface area contributed by atoms with E-state index < -0.39 is 0 Å². The Balaban J connectivity index is 3.05. The fraction of sp³-hybridized carbons (Fsp3) is 0.250. The first kappa shape index (κ1) is 3.81. The van der Waals surface area contributed by atoms with Gasteiger partial charge >= 0.3 is 0 Å². The van der Waals surface area contributed by atoms with Crippen LogP contribution in [0.25, 0.3) is 0 Å². The Morgan fingerprint density at radius 3 is 3.00 bits per heavy atom. The third-order valence-electron chi connectivity index (χ3n) is 0.506. The van der Waals surface area contributed by atoms with Gasteiger partial charge in [0.25, 0.3) is 0 Å². The minimum absolute atomic E-state index is 0.986. The fourth-order valence-electron chi connectivity index (χ4n) is 0.243. The Bertz CT molecular complexity index is 111. The molecule has 0 amide bonds. The summed E-state index contributed by atoms with van der Waals surface area (Å²) in [5.41, 5.74) is 2.76. The maximum atomic E-state index is 3.88. The fourth-order valence-corrected chi connectivity index (χ4v) is 0.730. The molecule has 0 aliphatic carbocycles. The van der Waals surface area contributed by atoms with Gasteiger partial charge in [-0.25, -0.2) is 4.98 Å². The molecule has 1 heterocycles. The SMILES string of the molecule is Cc1[c]scn1. The molecule has 1 aromatic rings. The van der Waals surface area contributed by atoms with Gasteiger partial charge in [-0.05, 0) is 6.92 Å². The number of aryl methyl sites for hydroxylation is 1. The molecule has 0 aliphatic rings. The summed E-state index contributed by atoms with van der Waals surface area (Å²) in [7, 11) is 0. The van der Waals surface area contributed by atoms with E-state index in [4.69, 9.17) is 0 Å². The molecule has 1 aromatic heterocycles. The van der Waals surface area contributed by atoms with Crippen molar-refractivity contribution in [2.75, 3.05) is 0 Å². The summed E-state index contributed by atoms with van der Waals surface area (Å²) in [5.74, 6) is 0. The first-order chi connectivity index (χ1) is 2.89. The molecule has 0 aliphatic heterocycles. The number of aromatic nitrogens is 1. The molecule has 0 saturated carbocycles. The molecule has 0 N–H and O–H groups in total. The molecule has 1 radical (unpaired) electrons. The molecule has 0 fully saturated rings. The second-order valence-electron chi connectivity index (χ2n) is 1.04. The van der Waals surface area contributed by atoms with Gasteiger partial charge in [0.05, 0.1) is 16.6 Å². The van der Waals surface area contributed by atoms with Crippen molar-refractivity contribution in [1.29, 1.82) is 0 Å². The molecule has 2 heteroatoms. The number of nitrogens with zero attached hydrogens (tertiary/aromatic N) is 1. The zero-order chi connectivity index (χ0) is 4.41. The Hall–Kier alpha value is -0.370. The van der Waals surface area contributed by atoms with Crippen LogP contribution in [0.1, 0.15) is 5.69 Å². The molecule has 31 valence electrons. The maximum Gasteiger partial charge on any atom is 0.0801 e. The van der Waals surface area contributed by atoms with Crippen molar-refractivity contribution in [1.82, 2.24) is 4.98 Å². The van der Waals surface area contributed by atoms with E-state index in [1.807, 2.05) is 6.92 Å². The van der Waals surface area contributed by atoms with Gasteiger partial charge in [-0.15, -0.1) is 11.3 Å². The van der Waals surface area contributed by atoms with Crippen molar-refractivity contribution in [2.24, 2.45) is 0 Å². The van der Waals surface area contributed by atoms with E-state index in [2.05, 4.69) is 10.4 Å². The first-order valence-corrected chi connectivity index (χ1v) is 2.55. The topological polar surface area (TPSA) is 12.9 Å². The summed E-state index contributed by atoms with van der Waals surface area (Å²) in [4.78, 5) is 3.88. The zero-order valence-corrected chi connectivity index (χ0v) is 4.25. The van der Waals surface area contributed by atoms with Crippen LogP contribution in [-0.4, -0.2) is 4.98 Å². The van der Waals surface area contributed by atoms with Crippen molar-refractivity contribution >= 4 is 11.3 Å². The van der Waals surface area contributed by atoms with Crippen molar-refractivity contribution in [3.63, 3.8) is 0 Å². The monoisotopic (exact) mass is 98.0 g/mol. The van der Waals surface area contributed by atoms with Crippen LogP contribution in [0.2, 0.25) is 0 Å². The maximum absolute atomic E-state index is 3.88. The molecule has 0 atom stereocenters. The molecule has 1 nitrogen and oxygen atoms in total. The number of thiazole rings is 1. The van der Waals surface area contributed by atoms with Crippen LogP contribution >= 0.6 is 11.3 Å². The first-order valence-electron chi connectivity index (χ1n) is 1.67. The van der Waals surface area contributed by atoms with Crippen LogP contribution in [0, 0.1) is 12.3 Å². The minimum atomic E-state index is 0.986. The van der Waals surface area contributed by atoms with Crippen molar-refractivity contribution in [3.05, 3.63) is 16.6 Å². The highest BCUT2D eigenvalue weighted by atomic mass is 32.1. The van der Waals surface area contributed by atoms with E-state index in [1.165, 1.54) is 11.3 Å². The second kappa shape index (κ2) is 1.39. The molecular weight excluding hydrogens is 94.1 g/mol. The van der Waals surface area contributed by atoms with Crippen LogP contribution in [0.5, 0.6) is 0 Å². The van der Waals surface area contributed by atoms with E-state index in [9.17, 15) is 0 Å². The van der Waals surface area contributed by atoms with Crippen LogP contribution in [0.15, 0.2) is 5.51 Å². The third-order valence-corrected chi connectivity index (χ3v) is 1.13. The van der Waals surface area contributed by atoms with E-state index in [0.717, 1.165) is 5.69 Å². The summed E-state index contributed by atoms with van der Waals surface area (Å²) < 4.78 is 0. The standard InChI is InChI=1S/C4H4NS/c1-4-2-6-3-5-4/h3H,1H3. The predicted molar refractivity (Wildman–Crippen MR) is 25.7 cm³/mol. The van der Waals surface area contributed by atoms with Gasteiger partial charge in [0.2, 0.25) is 0 Å². The molecule has 0 spiro atoms. The highest BCUT2D eigenvalue weighted by Gasteiger charge is 1.77. The van der Waals surface area contributed by atoms with Crippen molar-refractivity contribution < 1.29 is 0 Å². The molecule has 0 bridgehead atoms. The summed E-state index contributed by atoms with van der Waals surface area (Å²) in [6.45, 7) is 1.93. The van der Waals surface area contributed by atoms with Crippen LogP contribution < -0.4 is 0 Å². The zero-order valence-electron chi connectivity index (χ0n) is 3.43. The third kappa shape index (κ3) is 0.571. The van der Waals surface area contributed by atoms with Gasteiger partial charge < -0.3 is 0 Å². The van der Waals surface area contributed by atoms with Crippen LogP contribution in [0.3, 0.4) is 0 Å². The second-order valence-corrected chi connectivity index (χ2v) is 1.69. The summed E-state index contributed by atoms with van der Waals surface area (Å²) in [6, 6.07) is 0. The molecule has 0 unspecified atom stereocenters. The average molecular weight is 98.1 g/mol. The molecule has 0 saturated heterocycles. The smallest absolute Gasteiger partial charge is 0.0801 e. The highest BCUT2D eigenvalue weighted by molar-refractivity contribution is 7.07. The van der Waals surface area contributed by atoms with Crippen molar-refractivity contribution in [3.8, 4) is 0 Å². The van der Waals surface area contributed by atoms with E-state index in [-0.39, 0.29) is 0 Å². The van der Waals surface area contributed by atoms with E-state index in [0.29, 0.717) is 0 Å². The van der Waals surface area contributed by atoms with Gasteiger partial charge in [-0.3, -0.25) is 0 Å². The normalized spacial score (nSPS) is 8.83. The van der Waals surface area contributed by atoms with Crippen molar-refractivity contribution in [2.45, 2.75) is 6.92 Å². The summed E-state index contributed by atoms with van der Waals surface area (Å²) >= 11 is 1.50. The molecule has 0 aromatic carbocycles. The number of rotatable bonds is 0. The number of hydrogen-bond acceptors (Lipinski definition) is 2. The number of hydrogen-bond donors (Lipinski definition) is 0. The Morgan fingerprint density at radius 1 is 2.00 bits per heavy atom.